The second kappa shape index (κ2) is 5.53. The third kappa shape index (κ3) is 3.33. The highest BCUT2D eigenvalue weighted by Crippen LogP contribution is 2.14. The predicted molar refractivity (Wildman–Crippen MR) is 66.6 cm³/mol. The Bertz CT molecular complexity index is 521. The molecule has 0 aromatic carbocycles. The quantitative estimate of drug-likeness (QED) is 0.803. The molecule has 0 spiro atoms. The monoisotopic (exact) mass is 274 g/mol. The lowest BCUT2D eigenvalue weighted by Gasteiger charge is -2.19. The Morgan fingerprint density at radius 1 is 1.56 bits per heavy atom. The van der Waals surface area contributed by atoms with E-state index in [9.17, 15) is 13.2 Å². The van der Waals surface area contributed by atoms with Crippen molar-refractivity contribution in [2.24, 2.45) is 13.0 Å². The van der Waals surface area contributed by atoms with Crippen LogP contribution in [0.15, 0.2) is 23.4 Å². The van der Waals surface area contributed by atoms with Gasteiger partial charge in [-0.15, -0.1) is 0 Å². The van der Waals surface area contributed by atoms with Crippen LogP contribution in [0.3, 0.4) is 0 Å². The first-order valence-corrected chi connectivity index (χ1v) is 7.13. The molecule has 0 saturated carbocycles. The molecule has 6 nitrogen and oxygen atoms in total. The summed E-state index contributed by atoms with van der Waals surface area (Å²) < 4.78 is 27.8. The highest BCUT2D eigenvalue weighted by atomic mass is 32.2. The van der Waals surface area contributed by atoms with Crippen LogP contribution in [0.4, 0.5) is 0 Å². The normalized spacial score (nSPS) is 15.3. The number of hydrogen-bond acceptors (Lipinski definition) is 3. The minimum absolute atomic E-state index is 0.0690. The maximum absolute atomic E-state index is 12.0. The average molecular weight is 274 g/mol. The summed E-state index contributed by atoms with van der Waals surface area (Å²) in [6.45, 7) is 3.52. The van der Waals surface area contributed by atoms with Crippen molar-refractivity contribution in [3.63, 3.8) is 0 Å². The second-order valence-electron chi connectivity index (χ2n) is 4.34. The zero-order valence-electron chi connectivity index (χ0n) is 10.6. The first-order valence-electron chi connectivity index (χ1n) is 5.65. The van der Waals surface area contributed by atoms with Crippen LogP contribution < -0.4 is 4.72 Å². The molecular formula is C11H18N2O4S. The lowest BCUT2D eigenvalue weighted by atomic mass is 10.0. The number of hydrogen-bond donors (Lipinski definition) is 2. The molecule has 0 fully saturated rings. The number of carboxylic acids is 1. The van der Waals surface area contributed by atoms with Crippen molar-refractivity contribution in [1.82, 2.24) is 9.29 Å². The van der Waals surface area contributed by atoms with Crippen LogP contribution in [-0.4, -0.2) is 30.1 Å². The summed E-state index contributed by atoms with van der Waals surface area (Å²) in [7, 11) is -2.09. The molecule has 0 aliphatic rings. The van der Waals surface area contributed by atoms with E-state index in [2.05, 4.69) is 4.72 Å². The molecule has 2 N–H and O–H groups in total. The number of rotatable bonds is 6. The summed E-state index contributed by atoms with van der Waals surface area (Å²) in [5.74, 6) is -1.44. The number of aliphatic carboxylic acids is 1. The van der Waals surface area contributed by atoms with E-state index in [0.717, 1.165) is 0 Å². The van der Waals surface area contributed by atoms with Crippen LogP contribution in [0.25, 0.3) is 0 Å². The fourth-order valence-corrected chi connectivity index (χ4v) is 2.87. The van der Waals surface area contributed by atoms with Crippen molar-refractivity contribution < 1.29 is 18.3 Å². The molecule has 0 aliphatic heterocycles. The fraction of sp³-hybridized carbons (Fsp3) is 0.545. The van der Waals surface area contributed by atoms with Crippen molar-refractivity contribution in [3.05, 3.63) is 18.5 Å². The van der Waals surface area contributed by atoms with E-state index in [-0.39, 0.29) is 10.8 Å². The molecule has 0 radical (unpaired) electrons. The van der Waals surface area contributed by atoms with E-state index in [1.165, 1.54) is 12.3 Å². The van der Waals surface area contributed by atoms with Crippen molar-refractivity contribution in [3.8, 4) is 0 Å². The SMILES string of the molecule is CCC(C)[C@H](NS(=O)(=O)c1ccn(C)c1)C(=O)O. The lowest BCUT2D eigenvalue weighted by molar-refractivity contribution is -0.140. The first kappa shape index (κ1) is 14.7. The van der Waals surface area contributed by atoms with Gasteiger partial charge in [0, 0.05) is 19.4 Å². The number of nitrogens with zero attached hydrogens (tertiary/aromatic N) is 1. The Labute approximate surface area is 107 Å². The van der Waals surface area contributed by atoms with Gasteiger partial charge in [0.15, 0.2) is 0 Å². The van der Waals surface area contributed by atoms with Gasteiger partial charge in [-0.05, 0) is 12.0 Å². The van der Waals surface area contributed by atoms with Crippen molar-refractivity contribution in [2.45, 2.75) is 31.2 Å². The third-order valence-electron chi connectivity index (χ3n) is 2.88. The van der Waals surface area contributed by atoms with Gasteiger partial charge < -0.3 is 9.67 Å². The Balaban J connectivity index is 2.96. The van der Waals surface area contributed by atoms with E-state index in [4.69, 9.17) is 5.11 Å². The second-order valence-corrected chi connectivity index (χ2v) is 6.05. The molecule has 0 aliphatic carbocycles. The van der Waals surface area contributed by atoms with Gasteiger partial charge in [0.1, 0.15) is 6.04 Å². The Morgan fingerprint density at radius 3 is 2.56 bits per heavy atom. The molecule has 7 heteroatoms. The number of nitrogens with one attached hydrogen (secondary N) is 1. The summed E-state index contributed by atoms with van der Waals surface area (Å²) in [5, 5.41) is 9.06. The standard InChI is InChI=1S/C11H18N2O4S/c1-4-8(2)10(11(14)15)12-18(16,17)9-5-6-13(3)7-9/h5-8,10,12H,4H2,1-3H3,(H,14,15)/t8?,10-/m0/s1. The molecule has 18 heavy (non-hydrogen) atoms. The van der Waals surface area contributed by atoms with E-state index < -0.39 is 22.0 Å². The summed E-state index contributed by atoms with van der Waals surface area (Å²) in [4.78, 5) is 11.2. The first-order chi connectivity index (χ1) is 8.27. The van der Waals surface area contributed by atoms with Gasteiger partial charge in [-0.2, -0.15) is 4.72 Å². The zero-order valence-corrected chi connectivity index (χ0v) is 11.4. The molecule has 1 aromatic rings. The number of sulfonamides is 1. The van der Waals surface area contributed by atoms with Crippen molar-refractivity contribution >= 4 is 16.0 Å². The van der Waals surface area contributed by atoms with Crippen LogP contribution in [-0.2, 0) is 21.9 Å². The molecule has 1 heterocycles. The molecule has 1 rings (SSSR count). The number of carboxylic acid groups (broad SMARTS) is 1. The maximum Gasteiger partial charge on any atom is 0.322 e. The average Bonchev–Trinajstić information content (AvgIpc) is 2.72. The summed E-state index contributed by atoms with van der Waals surface area (Å²) in [5.41, 5.74) is 0. The van der Waals surface area contributed by atoms with Gasteiger partial charge in [-0.1, -0.05) is 20.3 Å². The van der Waals surface area contributed by atoms with Crippen molar-refractivity contribution in [2.75, 3.05) is 0 Å². The van der Waals surface area contributed by atoms with Gasteiger partial charge in [0.05, 0.1) is 4.90 Å². The van der Waals surface area contributed by atoms with E-state index in [0.29, 0.717) is 6.42 Å². The smallest absolute Gasteiger partial charge is 0.322 e. The molecule has 2 atom stereocenters. The molecule has 0 amide bonds. The van der Waals surface area contributed by atoms with Gasteiger partial charge in [0.25, 0.3) is 0 Å². The number of carbonyl (C=O) groups is 1. The Morgan fingerprint density at radius 2 is 2.17 bits per heavy atom. The predicted octanol–water partition coefficient (Wildman–Crippen LogP) is 0.803. The maximum atomic E-state index is 12.0. The van der Waals surface area contributed by atoms with Crippen LogP contribution in [0.1, 0.15) is 20.3 Å². The van der Waals surface area contributed by atoms with E-state index in [1.807, 2.05) is 6.92 Å². The third-order valence-corrected chi connectivity index (χ3v) is 4.30. The van der Waals surface area contributed by atoms with Crippen LogP contribution in [0.2, 0.25) is 0 Å². The zero-order chi connectivity index (χ0) is 13.9. The molecule has 0 bridgehead atoms. The summed E-state index contributed by atoms with van der Waals surface area (Å²) in [6.07, 6.45) is 3.60. The highest BCUT2D eigenvalue weighted by molar-refractivity contribution is 7.89. The topological polar surface area (TPSA) is 88.4 Å². The van der Waals surface area contributed by atoms with Gasteiger partial charge in [0.2, 0.25) is 10.0 Å². The minimum atomic E-state index is -3.79. The van der Waals surface area contributed by atoms with E-state index >= 15 is 0 Å². The van der Waals surface area contributed by atoms with Crippen LogP contribution >= 0.6 is 0 Å². The van der Waals surface area contributed by atoms with E-state index in [1.54, 1.807) is 24.7 Å². The van der Waals surface area contributed by atoms with Crippen LogP contribution in [0.5, 0.6) is 0 Å². The molecular weight excluding hydrogens is 256 g/mol. The van der Waals surface area contributed by atoms with Gasteiger partial charge in [-0.25, -0.2) is 8.42 Å². The summed E-state index contributed by atoms with van der Waals surface area (Å²) >= 11 is 0. The van der Waals surface area contributed by atoms with Crippen molar-refractivity contribution in [1.29, 1.82) is 0 Å². The number of aryl methyl sites for hydroxylation is 1. The largest absolute Gasteiger partial charge is 0.480 e. The molecule has 0 saturated heterocycles. The minimum Gasteiger partial charge on any atom is -0.480 e. The van der Waals surface area contributed by atoms with Gasteiger partial charge in [-0.3, -0.25) is 4.79 Å². The highest BCUT2D eigenvalue weighted by Gasteiger charge is 2.29. The lowest BCUT2D eigenvalue weighted by Crippen LogP contribution is -2.44. The Kier molecular flexibility index (Phi) is 4.53. The molecule has 102 valence electrons. The van der Waals surface area contributed by atoms with Gasteiger partial charge >= 0.3 is 5.97 Å². The molecule has 1 unspecified atom stereocenters. The molecule has 1 aromatic heterocycles. The fourth-order valence-electron chi connectivity index (χ4n) is 1.52. The van der Waals surface area contributed by atoms with Crippen LogP contribution in [0, 0.1) is 5.92 Å². The summed E-state index contributed by atoms with van der Waals surface area (Å²) in [6, 6.07) is 0.318. The number of aromatic nitrogens is 1. The Hall–Kier alpha value is -1.34.